The maximum Gasteiger partial charge on any atom is 0.230 e. The maximum atomic E-state index is 12.2. The smallest absolute Gasteiger partial charge is 0.230 e. The molecule has 0 spiro atoms. The lowest BCUT2D eigenvalue weighted by atomic mass is 10.1. The highest BCUT2D eigenvalue weighted by Crippen LogP contribution is 2.32. The number of carbonyl (C=O) groups is 1. The Morgan fingerprint density at radius 2 is 1.74 bits per heavy atom. The number of nitrogens with zero attached hydrogens (tertiary/aromatic N) is 2. The quantitative estimate of drug-likeness (QED) is 0.483. The zero-order valence-electron chi connectivity index (χ0n) is 17.8. The van der Waals surface area contributed by atoms with Crippen LogP contribution < -0.4 is 19.5 Å². The monoisotopic (exact) mass is 439 g/mol. The van der Waals surface area contributed by atoms with Crippen molar-refractivity contribution in [3.63, 3.8) is 0 Å². The number of hydrogen-bond acceptors (Lipinski definition) is 7. The fourth-order valence-electron chi connectivity index (χ4n) is 2.99. The highest BCUT2D eigenvalue weighted by Gasteiger charge is 2.11. The number of para-hydroxylation sites is 1. The molecular formula is C23H25N3O4S. The van der Waals surface area contributed by atoms with E-state index < -0.39 is 0 Å². The third kappa shape index (κ3) is 6.11. The first-order chi connectivity index (χ1) is 15.1. The molecule has 162 valence electrons. The van der Waals surface area contributed by atoms with Gasteiger partial charge in [-0.05, 0) is 48.4 Å². The van der Waals surface area contributed by atoms with Crippen molar-refractivity contribution < 1.29 is 19.0 Å². The summed E-state index contributed by atoms with van der Waals surface area (Å²) >= 11 is 1.34. The van der Waals surface area contributed by atoms with Crippen molar-refractivity contribution in [1.82, 2.24) is 15.5 Å². The van der Waals surface area contributed by atoms with Gasteiger partial charge in [0.1, 0.15) is 22.3 Å². The Bertz CT molecular complexity index is 1010. The highest BCUT2D eigenvalue weighted by atomic mass is 32.2. The summed E-state index contributed by atoms with van der Waals surface area (Å²) in [5, 5.41) is 12.1. The van der Waals surface area contributed by atoms with Crippen LogP contribution in [0.3, 0.4) is 0 Å². The van der Waals surface area contributed by atoms with Gasteiger partial charge in [-0.2, -0.15) is 0 Å². The van der Waals surface area contributed by atoms with Crippen LogP contribution in [0.1, 0.15) is 5.56 Å². The van der Waals surface area contributed by atoms with E-state index in [2.05, 4.69) is 15.5 Å². The molecule has 0 aliphatic carbocycles. The lowest BCUT2D eigenvalue weighted by Gasteiger charge is -2.10. The Balaban J connectivity index is 1.52. The van der Waals surface area contributed by atoms with Gasteiger partial charge < -0.3 is 19.5 Å². The third-order valence-corrected chi connectivity index (χ3v) is 5.50. The number of aromatic nitrogens is 2. The van der Waals surface area contributed by atoms with Gasteiger partial charge in [-0.25, -0.2) is 0 Å². The van der Waals surface area contributed by atoms with Crippen molar-refractivity contribution >= 4 is 17.7 Å². The second-order valence-electron chi connectivity index (χ2n) is 6.52. The number of hydrogen-bond donors (Lipinski definition) is 1. The minimum absolute atomic E-state index is 0.0553. The van der Waals surface area contributed by atoms with Crippen LogP contribution in [0.25, 0.3) is 11.3 Å². The number of thioether (sulfide) groups is 1. The first-order valence-corrected chi connectivity index (χ1v) is 10.7. The van der Waals surface area contributed by atoms with Crippen LogP contribution in [0, 0.1) is 0 Å². The predicted molar refractivity (Wildman–Crippen MR) is 121 cm³/mol. The Labute approximate surface area is 186 Å². The lowest BCUT2D eigenvalue weighted by Crippen LogP contribution is -2.27. The standard InChI is InChI=1S/C23H25N3O4S/c1-28-17-8-10-21(30-3)18(14-17)19-9-11-23(26-25-19)31-15-22(27)24-13-12-16-6-4-5-7-20(16)29-2/h4-11,14H,12-13,15H2,1-3H3,(H,24,27). The Hall–Kier alpha value is -3.26. The van der Waals surface area contributed by atoms with Crippen molar-refractivity contribution in [3.05, 3.63) is 60.2 Å². The van der Waals surface area contributed by atoms with E-state index in [-0.39, 0.29) is 11.7 Å². The van der Waals surface area contributed by atoms with Gasteiger partial charge in [-0.15, -0.1) is 10.2 Å². The van der Waals surface area contributed by atoms with Crippen molar-refractivity contribution in [3.8, 4) is 28.5 Å². The molecular weight excluding hydrogens is 414 g/mol. The molecule has 7 nitrogen and oxygen atoms in total. The van der Waals surface area contributed by atoms with Gasteiger partial charge >= 0.3 is 0 Å². The molecule has 0 bridgehead atoms. The van der Waals surface area contributed by atoms with E-state index in [9.17, 15) is 4.79 Å². The first-order valence-electron chi connectivity index (χ1n) is 9.72. The molecule has 0 unspecified atom stereocenters. The average molecular weight is 440 g/mol. The van der Waals surface area contributed by atoms with Crippen LogP contribution in [0.4, 0.5) is 0 Å². The molecule has 1 heterocycles. The largest absolute Gasteiger partial charge is 0.497 e. The zero-order chi connectivity index (χ0) is 22.1. The predicted octanol–water partition coefficient (Wildman–Crippen LogP) is 3.62. The molecule has 0 radical (unpaired) electrons. The number of nitrogens with one attached hydrogen (secondary N) is 1. The van der Waals surface area contributed by atoms with Crippen LogP contribution in [-0.4, -0.2) is 49.7 Å². The normalized spacial score (nSPS) is 10.4. The van der Waals surface area contributed by atoms with Crippen LogP contribution >= 0.6 is 11.8 Å². The molecule has 0 atom stereocenters. The van der Waals surface area contributed by atoms with E-state index in [1.165, 1.54) is 11.8 Å². The molecule has 0 saturated heterocycles. The number of benzene rings is 2. The molecule has 3 rings (SSSR count). The second-order valence-corrected chi connectivity index (χ2v) is 7.52. The SMILES string of the molecule is COc1ccc(OC)c(-c2ccc(SCC(=O)NCCc3ccccc3OC)nn2)c1. The van der Waals surface area contributed by atoms with E-state index in [1.54, 1.807) is 21.3 Å². The Morgan fingerprint density at radius 3 is 2.45 bits per heavy atom. The molecule has 0 saturated carbocycles. The summed E-state index contributed by atoms with van der Waals surface area (Å²) in [6.45, 7) is 0.542. The van der Waals surface area contributed by atoms with Gasteiger partial charge in [-0.1, -0.05) is 30.0 Å². The van der Waals surface area contributed by atoms with Crippen molar-refractivity contribution in [2.24, 2.45) is 0 Å². The van der Waals surface area contributed by atoms with Gasteiger partial charge in [0.2, 0.25) is 5.91 Å². The molecule has 2 aromatic carbocycles. The van der Waals surface area contributed by atoms with Crippen LogP contribution in [0.5, 0.6) is 17.2 Å². The molecule has 0 aliphatic rings. The molecule has 1 aromatic heterocycles. The summed E-state index contributed by atoms with van der Waals surface area (Å²) in [4.78, 5) is 12.2. The van der Waals surface area contributed by atoms with E-state index in [0.29, 0.717) is 35.2 Å². The minimum Gasteiger partial charge on any atom is -0.497 e. The summed E-state index contributed by atoms with van der Waals surface area (Å²) in [5.74, 6) is 2.43. The summed E-state index contributed by atoms with van der Waals surface area (Å²) in [6.07, 6.45) is 0.706. The molecule has 1 amide bonds. The zero-order valence-corrected chi connectivity index (χ0v) is 18.6. The number of amides is 1. The van der Waals surface area contributed by atoms with Gasteiger partial charge in [0.25, 0.3) is 0 Å². The maximum absolute atomic E-state index is 12.2. The van der Waals surface area contributed by atoms with Gasteiger partial charge in [0.05, 0.1) is 32.8 Å². The molecule has 3 aromatic rings. The molecule has 0 aliphatic heterocycles. The van der Waals surface area contributed by atoms with Crippen molar-refractivity contribution in [2.75, 3.05) is 33.6 Å². The molecule has 1 N–H and O–H groups in total. The summed E-state index contributed by atoms with van der Waals surface area (Å²) < 4.78 is 16.0. The number of carbonyl (C=O) groups excluding carboxylic acids is 1. The summed E-state index contributed by atoms with van der Waals surface area (Å²) in [6, 6.07) is 17.0. The first kappa shape index (κ1) is 22.4. The Kier molecular flexibility index (Phi) is 8.12. The molecule has 0 fully saturated rings. The topological polar surface area (TPSA) is 82.6 Å². The highest BCUT2D eigenvalue weighted by molar-refractivity contribution is 7.99. The van der Waals surface area contributed by atoms with Gasteiger partial charge in [0.15, 0.2) is 0 Å². The van der Waals surface area contributed by atoms with Crippen LogP contribution in [0.2, 0.25) is 0 Å². The molecule has 31 heavy (non-hydrogen) atoms. The number of methoxy groups -OCH3 is 3. The lowest BCUT2D eigenvalue weighted by molar-refractivity contribution is -0.118. The fourth-order valence-corrected chi connectivity index (χ4v) is 3.64. The Morgan fingerprint density at radius 1 is 0.935 bits per heavy atom. The van der Waals surface area contributed by atoms with Gasteiger partial charge in [0, 0.05) is 12.1 Å². The number of ether oxygens (including phenoxy) is 3. The minimum atomic E-state index is -0.0553. The third-order valence-electron chi connectivity index (χ3n) is 4.58. The second kappa shape index (κ2) is 11.2. The number of rotatable bonds is 10. The van der Waals surface area contributed by atoms with Crippen LogP contribution in [0.15, 0.2) is 59.6 Å². The van der Waals surface area contributed by atoms with Crippen molar-refractivity contribution in [2.45, 2.75) is 11.4 Å². The molecule has 8 heteroatoms. The van der Waals surface area contributed by atoms with Crippen molar-refractivity contribution in [1.29, 1.82) is 0 Å². The van der Waals surface area contributed by atoms with E-state index in [0.717, 1.165) is 16.9 Å². The average Bonchev–Trinajstić information content (AvgIpc) is 2.83. The van der Waals surface area contributed by atoms with Gasteiger partial charge in [-0.3, -0.25) is 4.79 Å². The van der Waals surface area contributed by atoms with E-state index >= 15 is 0 Å². The summed E-state index contributed by atoms with van der Waals surface area (Å²) in [5.41, 5.74) is 2.52. The van der Waals surface area contributed by atoms with E-state index in [4.69, 9.17) is 14.2 Å². The fraction of sp³-hybridized carbons (Fsp3) is 0.261. The van der Waals surface area contributed by atoms with E-state index in [1.807, 2.05) is 54.6 Å². The summed E-state index contributed by atoms with van der Waals surface area (Å²) in [7, 11) is 4.86. The van der Waals surface area contributed by atoms with Crippen LogP contribution in [-0.2, 0) is 11.2 Å².